The summed E-state index contributed by atoms with van der Waals surface area (Å²) in [5, 5.41) is 6.56. The first-order valence-corrected chi connectivity index (χ1v) is 11.1. The van der Waals surface area contributed by atoms with E-state index < -0.39 is 11.9 Å². The molecule has 2 aromatic carbocycles. The number of benzene rings is 2. The first-order chi connectivity index (χ1) is 14.9. The molecule has 2 N–H and O–H groups in total. The van der Waals surface area contributed by atoms with Crippen LogP contribution in [-0.4, -0.2) is 40.7 Å². The number of nitrogens with one attached hydrogen (secondary N) is 2. The Balaban J connectivity index is 1.59. The predicted molar refractivity (Wildman–Crippen MR) is 120 cm³/mol. The first kappa shape index (κ1) is 21.7. The van der Waals surface area contributed by atoms with Gasteiger partial charge in [-0.05, 0) is 43.2 Å². The van der Waals surface area contributed by atoms with Gasteiger partial charge in [-0.3, -0.25) is 14.4 Å². The van der Waals surface area contributed by atoms with E-state index in [1.165, 1.54) is 0 Å². The van der Waals surface area contributed by atoms with Crippen molar-refractivity contribution in [1.82, 2.24) is 10.2 Å². The maximum absolute atomic E-state index is 13.4. The third kappa shape index (κ3) is 4.86. The molecule has 0 radical (unpaired) electrons. The number of rotatable bonds is 4. The average molecular weight is 460 g/mol. The number of piperazine rings is 1. The highest BCUT2D eigenvalue weighted by Crippen LogP contribution is 2.31. The van der Waals surface area contributed by atoms with Crippen molar-refractivity contribution in [2.75, 3.05) is 5.32 Å². The molecule has 1 aliphatic carbocycles. The van der Waals surface area contributed by atoms with Crippen LogP contribution >= 0.6 is 23.2 Å². The molecule has 2 aromatic rings. The molecule has 0 bridgehead atoms. The number of anilines is 1. The van der Waals surface area contributed by atoms with Crippen LogP contribution in [0.25, 0.3) is 0 Å². The van der Waals surface area contributed by atoms with Gasteiger partial charge in [-0.2, -0.15) is 0 Å². The molecule has 4 rings (SSSR count). The molecule has 162 valence electrons. The zero-order valence-corrected chi connectivity index (χ0v) is 18.3. The van der Waals surface area contributed by atoms with Crippen molar-refractivity contribution in [1.29, 1.82) is 0 Å². The molecule has 1 aliphatic heterocycles. The summed E-state index contributed by atoms with van der Waals surface area (Å²) in [6, 6.07) is 12.5. The van der Waals surface area contributed by atoms with E-state index in [1.807, 2.05) is 6.07 Å². The number of fused-ring (bicyclic) bond motifs is 1. The first-order valence-electron chi connectivity index (χ1n) is 10.4. The molecule has 31 heavy (non-hydrogen) atoms. The highest BCUT2D eigenvalue weighted by molar-refractivity contribution is 6.35. The maximum Gasteiger partial charge on any atom is 0.254 e. The van der Waals surface area contributed by atoms with E-state index >= 15 is 0 Å². The molecule has 0 unspecified atom stereocenters. The number of carbonyl (C=O) groups excluding carboxylic acids is 3. The van der Waals surface area contributed by atoms with Crippen LogP contribution in [0.5, 0.6) is 0 Å². The quantitative estimate of drug-likeness (QED) is 0.715. The Hall–Kier alpha value is -2.57. The van der Waals surface area contributed by atoms with Crippen molar-refractivity contribution in [3.05, 3.63) is 64.1 Å². The fourth-order valence-electron chi connectivity index (χ4n) is 4.48. The molecule has 3 atom stereocenters. The minimum Gasteiger partial charge on any atom is -0.349 e. The van der Waals surface area contributed by atoms with Gasteiger partial charge in [0.2, 0.25) is 11.8 Å². The molecular formula is C23H23Cl2N3O3. The lowest BCUT2D eigenvalue weighted by atomic mass is 9.84. The van der Waals surface area contributed by atoms with Crippen LogP contribution in [-0.2, 0) is 9.59 Å². The third-order valence-electron chi connectivity index (χ3n) is 5.83. The highest BCUT2D eigenvalue weighted by Gasteiger charge is 2.46. The van der Waals surface area contributed by atoms with Crippen molar-refractivity contribution in [2.45, 2.75) is 50.2 Å². The van der Waals surface area contributed by atoms with Crippen molar-refractivity contribution in [3.8, 4) is 0 Å². The molecule has 0 aromatic heterocycles. The molecule has 3 amide bonds. The molecule has 6 nitrogen and oxygen atoms in total. The van der Waals surface area contributed by atoms with Gasteiger partial charge in [0.25, 0.3) is 5.91 Å². The van der Waals surface area contributed by atoms with Crippen LogP contribution < -0.4 is 10.6 Å². The van der Waals surface area contributed by atoms with E-state index in [2.05, 4.69) is 10.6 Å². The summed E-state index contributed by atoms with van der Waals surface area (Å²) < 4.78 is 0. The average Bonchev–Trinajstić information content (AvgIpc) is 2.73. The lowest BCUT2D eigenvalue weighted by Crippen LogP contribution is -2.68. The zero-order valence-electron chi connectivity index (χ0n) is 16.8. The highest BCUT2D eigenvalue weighted by atomic mass is 35.5. The van der Waals surface area contributed by atoms with Crippen molar-refractivity contribution in [3.63, 3.8) is 0 Å². The van der Waals surface area contributed by atoms with E-state index in [-0.39, 0.29) is 30.3 Å². The number of amides is 3. The molecule has 2 fully saturated rings. The van der Waals surface area contributed by atoms with Gasteiger partial charge in [-0.1, -0.05) is 54.2 Å². The Labute approximate surface area is 190 Å². The molecule has 1 saturated carbocycles. The van der Waals surface area contributed by atoms with E-state index in [9.17, 15) is 14.4 Å². The lowest BCUT2D eigenvalue weighted by molar-refractivity contribution is -0.135. The van der Waals surface area contributed by atoms with Crippen LogP contribution in [0.3, 0.4) is 0 Å². The third-order valence-corrected chi connectivity index (χ3v) is 6.27. The van der Waals surface area contributed by atoms with Gasteiger partial charge in [0.15, 0.2) is 0 Å². The van der Waals surface area contributed by atoms with Gasteiger partial charge < -0.3 is 15.5 Å². The van der Waals surface area contributed by atoms with Gasteiger partial charge in [0.1, 0.15) is 6.04 Å². The summed E-state index contributed by atoms with van der Waals surface area (Å²) in [5.41, 5.74) is 0.948. The summed E-state index contributed by atoms with van der Waals surface area (Å²) in [4.78, 5) is 40.8. The van der Waals surface area contributed by atoms with Gasteiger partial charge in [-0.15, -0.1) is 0 Å². The fourth-order valence-corrected chi connectivity index (χ4v) is 5.00. The Bertz CT molecular complexity index is 979. The second kappa shape index (κ2) is 9.28. The van der Waals surface area contributed by atoms with Gasteiger partial charge >= 0.3 is 0 Å². The lowest BCUT2D eigenvalue weighted by Gasteiger charge is -2.48. The molecular weight excluding hydrogens is 437 g/mol. The Morgan fingerprint density at radius 1 is 1.03 bits per heavy atom. The number of nitrogens with zero attached hydrogens (tertiary/aromatic N) is 1. The predicted octanol–water partition coefficient (Wildman–Crippen LogP) is 4.27. The van der Waals surface area contributed by atoms with Crippen LogP contribution in [0.4, 0.5) is 5.69 Å². The van der Waals surface area contributed by atoms with Crippen molar-refractivity contribution >= 4 is 46.6 Å². The normalized spacial score (nSPS) is 23.0. The van der Waals surface area contributed by atoms with E-state index in [4.69, 9.17) is 23.2 Å². The van der Waals surface area contributed by atoms with Gasteiger partial charge in [-0.25, -0.2) is 0 Å². The largest absolute Gasteiger partial charge is 0.349 e. The summed E-state index contributed by atoms with van der Waals surface area (Å²) >= 11 is 12.0. The second-order valence-electron chi connectivity index (χ2n) is 7.97. The smallest absolute Gasteiger partial charge is 0.254 e. The van der Waals surface area contributed by atoms with Crippen molar-refractivity contribution in [2.24, 2.45) is 0 Å². The van der Waals surface area contributed by atoms with Gasteiger partial charge in [0, 0.05) is 27.3 Å². The minimum absolute atomic E-state index is 0.0834. The number of carbonyl (C=O) groups is 3. The van der Waals surface area contributed by atoms with Gasteiger partial charge in [0.05, 0.1) is 12.5 Å². The van der Waals surface area contributed by atoms with E-state index in [0.29, 0.717) is 21.3 Å². The Morgan fingerprint density at radius 3 is 2.42 bits per heavy atom. The zero-order chi connectivity index (χ0) is 22.0. The van der Waals surface area contributed by atoms with E-state index in [1.54, 1.807) is 47.4 Å². The number of halogens is 2. The molecule has 2 aliphatic rings. The van der Waals surface area contributed by atoms with Crippen LogP contribution in [0, 0.1) is 0 Å². The number of hydrogen-bond acceptors (Lipinski definition) is 3. The van der Waals surface area contributed by atoms with Crippen LogP contribution in [0.15, 0.2) is 48.5 Å². The molecule has 8 heteroatoms. The monoisotopic (exact) mass is 459 g/mol. The maximum atomic E-state index is 13.4. The second-order valence-corrected chi connectivity index (χ2v) is 8.84. The SMILES string of the molecule is O=C(C[C@H]1C(=O)N[C@@H]2CCCC[C@@H]2N1C(=O)c1ccccc1)Nc1cc(Cl)cc(Cl)c1. The molecule has 1 saturated heterocycles. The summed E-state index contributed by atoms with van der Waals surface area (Å²) in [6.07, 6.45) is 3.46. The number of hydrogen-bond donors (Lipinski definition) is 2. The summed E-state index contributed by atoms with van der Waals surface area (Å²) in [7, 11) is 0. The fraction of sp³-hybridized carbons (Fsp3) is 0.348. The van der Waals surface area contributed by atoms with Crippen LogP contribution in [0.2, 0.25) is 10.0 Å². The Morgan fingerprint density at radius 2 is 1.71 bits per heavy atom. The van der Waals surface area contributed by atoms with E-state index in [0.717, 1.165) is 25.7 Å². The minimum atomic E-state index is -0.887. The topological polar surface area (TPSA) is 78.5 Å². The molecule has 0 spiro atoms. The summed E-state index contributed by atoms with van der Waals surface area (Å²) in [5.74, 6) is -0.915. The standard InChI is InChI=1S/C23H23Cl2N3O3/c24-15-10-16(25)12-17(11-15)26-21(29)13-20-22(30)27-18-8-4-5-9-19(18)28(20)23(31)14-6-2-1-3-7-14/h1-3,6-7,10-12,18-20H,4-5,8-9,13H2,(H,26,29)(H,27,30)/t18-,19+,20+/m1/s1. The summed E-state index contributed by atoms with van der Waals surface area (Å²) in [6.45, 7) is 0. The van der Waals surface area contributed by atoms with Crippen molar-refractivity contribution < 1.29 is 14.4 Å². The Kier molecular flexibility index (Phi) is 6.49. The van der Waals surface area contributed by atoms with Crippen LogP contribution in [0.1, 0.15) is 42.5 Å². The molecule has 1 heterocycles.